The number of carbonyl (C=O) groups excluding carboxylic acids is 2. The first kappa shape index (κ1) is 16.5. The zero-order valence-electron chi connectivity index (χ0n) is 11.5. The van der Waals surface area contributed by atoms with E-state index < -0.39 is 12.0 Å². The van der Waals surface area contributed by atoms with Crippen molar-refractivity contribution in [2.45, 2.75) is 26.3 Å². The number of hydrogen-bond donors (Lipinski definition) is 2. The van der Waals surface area contributed by atoms with Crippen LogP contribution >= 0.6 is 11.8 Å². The minimum atomic E-state index is -0.637. The quantitative estimate of drug-likeness (QED) is 0.543. The normalized spacial score (nSPS) is 11.9. The van der Waals surface area contributed by atoms with Gasteiger partial charge in [-0.15, -0.1) is 0 Å². The molecule has 0 radical (unpaired) electrons. The fraction of sp³-hybridized carbons (Fsp3) is 0.583. The molecule has 3 N–H and O–H groups in total. The molecule has 1 aromatic rings. The summed E-state index contributed by atoms with van der Waals surface area (Å²) in [5.74, 6) is 0.597. The van der Waals surface area contributed by atoms with Crippen molar-refractivity contribution in [2.24, 2.45) is 5.73 Å². The third-order valence-electron chi connectivity index (χ3n) is 2.29. The maximum Gasteiger partial charge on any atom is 0.322 e. The number of ether oxygens (including phenoxy) is 1. The van der Waals surface area contributed by atoms with Crippen LogP contribution in [-0.2, 0) is 14.3 Å². The van der Waals surface area contributed by atoms with Crippen molar-refractivity contribution >= 4 is 29.5 Å². The second-order valence-electron chi connectivity index (χ2n) is 4.08. The molecule has 1 amide bonds. The lowest BCUT2D eigenvalue weighted by Gasteiger charge is -2.09. The third-order valence-corrected chi connectivity index (χ3v) is 3.28. The molecule has 8 heteroatoms. The molecule has 1 atom stereocenters. The lowest BCUT2D eigenvalue weighted by Crippen LogP contribution is -2.32. The summed E-state index contributed by atoms with van der Waals surface area (Å²) in [5.41, 5.74) is 6.34. The predicted octanol–water partition coefficient (Wildman–Crippen LogP) is 0.935. The van der Waals surface area contributed by atoms with E-state index >= 15 is 0 Å². The van der Waals surface area contributed by atoms with Gasteiger partial charge >= 0.3 is 5.97 Å². The van der Waals surface area contributed by atoms with Gasteiger partial charge in [-0.05, 0) is 26.0 Å². The predicted molar refractivity (Wildman–Crippen MR) is 76.4 cm³/mol. The van der Waals surface area contributed by atoms with E-state index in [1.54, 1.807) is 19.9 Å². The molecule has 1 rings (SSSR count). The van der Waals surface area contributed by atoms with E-state index in [1.165, 1.54) is 11.8 Å². The standard InChI is InChI=1S/C12H19N3O4S/c1-3-18-12(17)9(13)4-5-20-7-10(16)14-11-6-8(2)15-19-11/h6,9H,3-5,7,13H2,1-2H3,(H,14,16). The number of nitrogens with one attached hydrogen (secondary N) is 1. The molecule has 0 aliphatic carbocycles. The van der Waals surface area contributed by atoms with Crippen LogP contribution in [0.4, 0.5) is 5.88 Å². The summed E-state index contributed by atoms with van der Waals surface area (Å²) >= 11 is 1.39. The average molecular weight is 301 g/mol. The third kappa shape index (κ3) is 6.07. The van der Waals surface area contributed by atoms with E-state index in [2.05, 4.69) is 10.5 Å². The number of carbonyl (C=O) groups is 2. The van der Waals surface area contributed by atoms with Crippen LogP contribution in [0.3, 0.4) is 0 Å². The highest BCUT2D eigenvalue weighted by molar-refractivity contribution is 7.99. The molecule has 0 saturated carbocycles. The summed E-state index contributed by atoms with van der Waals surface area (Å²) in [6, 6.07) is 1.00. The lowest BCUT2D eigenvalue weighted by atomic mass is 10.2. The Balaban J connectivity index is 2.14. The number of esters is 1. The number of hydrogen-bond acceptors (Lipinski definition) is 7. The lowest BCUT2D eigenvalue weighted by molar-refractivity contribution is -0.144. The molecule has 7 nitrogen and oxygen atoms in total. The van der Waals surface area contributed by atoms with Gasteiger partial charge < -0.3 is 15.0 Å². The zero-order chi connectivity index (χ0) is 15.0. The number of amides is 1. The number of anilines is 1. The summed E-state index contributed by atoms with van der Waals surface area (Å²) in [5, 5.41) is 6.24. The van der Waals surface area contributed by atoms with Crippen molar-refractivity contribution in [2.75, 3.05) is 23.4 Å². The van der Waals surface area contributed by atoms with E-state index in [0.29, 0.717) is 30.4 Å². The van der Waals surface area contributed by atoms with Crippen molar-refractivity contribution in [3.05, 3.63) is 11.8 Å². The van der Waals surface area contributed by atoms with Gasteiger partial charge in [0, 0.05) is 6.07 Å². The number of nitrogens with two attached hydrogens (primary N) is 1. The molecule has 112 valence electrons. The minimum Gasteiger partial charge on any atom is -0.465 e. The van der Waals surface area contributed by atoms with Crippen molar-refractivity contribution in [1.29, 1.82) is 0 Å². The molecule has 0 aliphatic rings. The maximum atomic E-state index is 11.6. The van der Waals surface area contributed by atoms with E-state index in [9.17, 15) is 9.59 Å². The van der Waals surface area contributed by atoms with E-state index in [-0.39, 0.29) is 11.7 Å². The molecular formula is C12H19N3O4S. The van der Waals surface area contributed by atoms with E-state index in [4.69, 9.17) is 15.0 Å². The van der Waals surface area contributed by atoms with Crippen LogP contribution in [0.25, 0.3) is 0 Å². The Labute approximate surface area is 121 Å². The van der Waals surface area contributed by atoms with Crippen LogP contribution in [0.15, 0.2) is 10.6 Å². The molecule has 0 bridgehead atoms. The first-order valence-electron chi connectivity index (χ1n) is 6.26. The van der Waals surface area contributed by atoms with Crippen LogP contribution in [0.2, 0.25) is 0 Å². The van der Waals surface area contributed by atoms with Crippen molar-refractivity contribution in [3.8, 4) is 0 Å². The maximum absolute atomic E-state index is 11.6. The summed E-state index contributed by atoms with van der Waals surface area (Å²) in [4.78, 5) is 22.8. The molecule has 0 aliphatic heterocycles. The largest absolute Gasteiger partial charge is 0.465 e. The van der Waals surface area contributed by atoms with Gasteiger partial charge in [-0.3, -0.25) is 14.9 Å². The molecule has 0 aromatic carbocycles. The number of rotatable bonds is 8. The van der Waals surface area contributed by atoms with E-state index in [1.807, 2.05) is 0 Å². The first-order chi connectivity index (χ1) is 9.52. The smallest absolute Gasteiger partial charge is 0.322 e. The summed E-state index contributed by atoms with van der Waals surface area (Å²) < 4.78 is 9.66. The second-order valence-corrected chi connectivity index (χ2v) is 5.19. The number of aromatic nitrogens is 1. The molecule has 20 heavy (non-hydrogen) atoms. The molecule has 0 saturated heterocycles. The molecule has 0 spiro atoms. The van der Waals surface area contributed by atoms with Crippen LogP contribution in [0.5, 0.6) is 0 Å². The summed E-state index contributed by atoms with van der Waals surface area (Å²) in [6.45, 7) is 3.82. The first-order valence-corrected chi connectivity index (χ1v) is 7.41. The number of aryl methyl sites for hydroxylation is 1. The van der Waals surface area contributed by atoms with Crippen LogP contribution in [0.1, 0.15) is 19.0 Å². The highest BCUT2D eigenvalue weighted by Gasteiger charge is 2.14. The highest BCUT2D eigenvalue weighted by atomic mass is 32.2. The summed E-state index contributed by atoms with van der Waals surface area (Å²) in [7, 11) is 0. The molecule has 1 unspecified atom stereocenters. The van der Waals surface area contributed by atoms with Gasteiger partial charge in [-0.25, -0.2) is 0 Å². The second kappa shape index (κ2) is 8.60. The number of nitrogens with zero attached hydrogens (tertiary/aromatic N) is 1. The van der Waals surface area contributed by atoms with Crippen molar-refractivity contribution in [1.82, 2.24) is 5.16 Å². The van der Waals surface area contributed by atoms with Crippen LogP contribution in [-0.4, -0.2) is 41.2 Å². The van der Waals surface area contributed by atoms with Gasteiger partial charge in [0.05, 0.1) is 18.1 Å². The molecule has 0 fully saturated rings. The minimum absolute atomic E-state index is 0.184. The Morgan fingerprint density at radius 1 is 1.60 bits per heavy atom. The van der Waals surface area contributed by atoms with Gasteiger partial charge in [-0.2, -0.15) is 11.8 Å². The molecular weight excluding hydrogens is 282 g/mol. The fourth-order valence-electron chi connectivity index (χ4n) is 1.34. The van der Waals surface area contributed by atoms with Crippen LogP contribution < -0.4 is 11.1 Å². The van der Waals surface area contributed by atoms with Crippen LogP contribution in [0, 0.1) is 6.92 Å². The summed E-state index contributed by atoms with van der Waals surface area (Å²) in [6.07, 6.45) is 0.470. The Kier molecular flexibility index (Phi) is 7.10. The highest BCUT2D eigenvalue weighted by Crippen LogP contribution is 2.10. The van der Waals surface area contributed by atoms with Crippen molar-refractivity contribution < 1.29 is 18.8 Å². The average Bonchev–Trinajstić information content (AvgIpc) is 2.80. The molecule has 1 aromatic heterocycles. The topological polar surface area (TPSA) is 107 Å². The van der Waals surface area contributed by atoms with Crippen molar-refractivity contribution in [3.63, 3.8) is 0 Å². The van der Waals surface area contributed by atoms with E-state index in [0.717, 1.165) is 0 Å². The Morgan fingerprint density at radius 2 is 2.35 bits per heavy atom. The number of thioether (sulfide) groups is 1. The SMILES string of the molecule is CCOC(=O)C(N)CCSCC(=O)Nc1cc(C)no1. The fourth-order valence-corrected chi connectivity index (χ4v) is 2.16. The van der Waals surface area contributed by atoms with Gasteiger partial charge in [0.1, 0.15) is 6.04 Å². The molecule has 1 heterocycles. The van der Waals surface area contributed by atoms with Gasteiger partial charge in [0.2, 0.25) is 11.8 Å². The van der Waals surface area contributed by atoms with Gasteiger partial charge in [-0.1, -0.05) is 5.16 Å². The van der Waals surface area contributed by atoms with Gasteiger partial charge in [0.15, 0.2) is 0 Å². The Hall–Kier alpha value is -1.54. The monoisotopic (exact) mass is 301 g/mol. The Bertz CT molecular complexity index is 450. The van der Waals surface area contributed by atoms with Gasteiger partial charge in [0.25, 0.3) is 0 Å². The zero-order valence-corrected chi connectivity index (χ0v) is 12.4. The Morgan fingerprint density at radius 3 is 2.95 bits per heavy atom.